The van der Waals surface area contributed by atoms with Crippen LogP contribution in [0, 0.1) is 0 Å². The van der Waals surface area contributed by atoms with Crippen LogP contribution in [-0.2, 0) is 6.42 Å². The third-order valence-corrected chi connectivity index (χ3v) is 8.81. The van der Waals surface area contributed by atoms with Crippen molar-refractivity contribution in [1.29, 1.82) is 0 Å². The lowest BCUT2D eigenvalue weighted by atomic mass is 9.97. The van der Waals surface area contributed by atoms with E-state index >= 15 is 0 Å². The van der Waals surface area contributed by atoms with Crippen LogP contribution >= 0.6 is 11.3 Å². The predicted octanol–water partition coefficient (Wildman–Crippen LogP) is 4.54. The van der Waals surface area contributed by atoms with Gasteiger partial charge in [0.25, 0.3) is 5.56 Å². The van der Waals surface area contributed by atoms with Crippen molar-refractivity contribution in [3.63, 3.8) is 0 Å². The molecular weight excluding hydrogens is 434 g/mol. The normalized spacial score (nSPS) is 24.8. The molecule has 1 aromatic carbocycles. The SMILES string of the molecule is CCC(C)(O)CCc1cc2ncn(-c3ccc(OC4C[C@H]5CC[C@@H](C4)N5C)cc3)c(=O)c2s1. The van der Waals surface area contributed by atoms with Crippen LogP contribution in [0.25, 0.3) is 15.9 Å². The molecule has 4 atom stereocenters. The van der Waals surface area contributed by atoms with E-state index in [9.17, 15) is 9.90 Å². The number of ether oxygens (including phenoxy) is 1. The molecule has 2 aromatic heterocycles. The lowest BCUT2D eigenvalue weighted by Crippen LogP contribution is -2.43. The molecular formula is C26H33N3O3S. The van der Waals surface area contributed by atoms with Gasteiger partial charge in [-0.1, -0.05) is 6.92 Å². The lowest BCUT2D eigenvalue weighted by Gasteiger charge is -2.36. The standard InChI is InChI=1S/C26H33N3O3S/c1-4-26(2,31)12-11-22-15-23-24(33-22)25(30)29(16-27-23)17-7-9-20(10-8-17)32-21-13-18-5-6-19(14-21)28(18)3/h7-10,15-16,18-19,21,31H,4-6,11-14H2,1-3H3/t18-,19+,21?,26?. The molecule has 7 heteroatoms. The van der Waals surface area contributed by atoms with Crippen molar-refractivity contribution in [2.75, 3.05) is 7.05 Å². The third kappa shape index (κ3) is 4.59. The maximum atomic E-state index is 13.2. The third-order valence-electron chi connectivity index (χ3n) is 7.63. The van der Waals surface area contributed by atoms with Crippen LogP contribution in [0.15, 0.2) is 41.5 Å². The van der Waals surface area contributed by atoms with E-state index in [4.69, 9.17) is 4.74 Å². The smallest absolute Gasteiger partial charge is 0.275 e. The van der Waals surface area contributed by atoms with Crippen LogP contribution < -0.4 is 10.3 Å². The van der Waals surface area contributed by atoms with Gasteiger partial charge in [0.15, 0.2) is 0 Å². The predicted molar refractivity (Wildman–Crippen MR) is 133 cm³/mol. The number of nitrogens with zero attached hydrogens (tertiary/aromatic N) is 3. The summed E-state index contributed by atoms with van der Waals surface area (Å²) in [6.45, 7) is 3.84. The van der Waals surface area contributed by atoms with Crippen molar-refractivity contribution in [2.24, 2.45) is 0 Å². The van der Waals surface area contributed by atoms with Gasteiger partial charge in [0, 0.05) is 17.0 Å². The average molecular weight is 468 g/mol. The van der Waals surface area contributed by atoms with E-state index in [-0.39, 0.29) is 11.7 Å². The number of hydrogen-bond acceptors (Lipinski definition) is 6. The molecule has 33 heavy (non-hydrogen) atoms. The quantitative estimate of drug-likeness (QED) is 0.552. The summed E-state index contributed by atoms with van der Waals surface area (Å²) in [6, 6.07) is 11.0. The first-order valence-electron chi connectivity index (χ1n) is 12.0. The van der Waals surface area contributed by atoms with Gasteiger partial charge in [0.2, 0.25) is 0 Å². The van der Waals surface area contributed by atoms with Gasteiger partial charge in [-0.2, -0.15) is 0 Å². The maximum Gasteiger partial charge on any atom is 0.275 e. The molecule has 0 spiro atoms. The molecule has 2 saturated heterocycles. The highest BCUT2D eigenvalue weighted by Gasteiger charge is 2.39. The summed E-state index contributed by atoms with van der Waals surface area (Å²) in [7, 11) is 2.24. The molecule has 2 aliphatic heterocycles. The maximum absolute atomic E-state index is 13.2. The van der Waals surface area contributed by atoms with E-state index in [1.807, 2.05) is 44.2 Å². The van der Waals surface area contributed by atoms with Crippen molar-refractivity contribution in [3.05, 3.63) is 51.9 Å². The summed E-state index contributed by atoms with van der Waals surface area (Å²) in [6.07, 6.45) is 8.73. The van der Waals surface area contributed by atoms with E-state index < -0.39 is 5.60 Å². The molecule has 2 aliphatic rings. The van der Waals surface area contributed by atoms with Crippen LogP contribution in [0.4, 0.5) is 0 Å². The van der Waals surface area contributed by atoms with Gasteiger partial charge in [0.05, 0.1) is 16.8 Å². The van der Waals surface area contributed by atoms with E-state index in [2.05, 4.69) is 16.9 Å². The molecule has 4 heterocycles. The number of fused-ring (bicyclic) bond motifs is 3. The molecule has 0 aliphatic carbocycles. The van der Waals surface area contributed by atoms with Crippen molar-refractivity contribution in [3.8, 4) is 11.4 Å². The van der Waals surface area contributed by atoms with Crippen LogP contribution in [0.2, 0.25) is 0 Å². The first kappa shape index (κ1) is 22.6. The van der Waals surface area contributed by atoms with Gasteiger partial charge in [-0.3, -0.25) is 9.36 Å². The zero-order chi connectivity index (χ0) is 23.2. The number of thiophene rings is 1. The minimum absolute atomic E-state index is 0.0564. The van der Waals surface area contributed by atoms with E-state index in [1.54, 1.807) is 10.9 Å². The molecule has 0 amide bonds. The van der Waals surface area contributed by atoms with Gasteiger partial charge >= 0.3 is 0 Å². The fourth-order valence-electron chi connectivity index (χ4n) is 5.17. The van der Waals surface area contributed by atoms with Crippen LogP contribution in [-0.4, -0.2) is 50.4 Å². The van der Waals surface area contributed by atoms with Gasteiger partial charge in [0.1, 0.15) is 22.9 Å². The molecule has 0 radical (unpaired) electrons. The summed E-state index contributed by atoms with van der Waals surface area (Å²) in [4.78, 5) is 21.3. The molecule has 5 rings (SSSR count). The largest absolute Gasteiger partial charge is 0.490 e. The molecule has 1 N–H and O–H groups in total. The van der Waals surface area contributed by atoms with Crippen molar-refractivity contribution < 1.29 is 9.84 Å². The van der Waals surface area contributed by atoms with Crippen LogP contribution in [0.3, 0.4) is 0 Å². The highest BCUT2D eigenvalue weighted by atomic mass is 32.1. The Morgan fingerprint density at radius 2 is 1.91 bits per heavy atom. The molecule has 3 aromatic rings. The monoisotopic (exact) mass is 467 g/mol. The Labute approximate surface area is 198 Å². The summed E-state index contributed by atoms with van der Waals surface area (Å²) in [5.74, 6) is 0.858. The van der Waals surface area contributed by atoms with Gasteiger partial charge < -0.3 is 14.7 Å². The summed E-state index contributed by atoms with van der Waals surface area (Å²) < 4.78 is 8.55. The average Bonchev–Trinajstić information content (AvgIpc) is 3.30. The molecule has 2 fully saturated rings. The lowest BCUT2D eigenvalue weighted by molar-refractivity contribution is 0.0475. The summed E-state index contributed by atoms with van der Waals surface area (Å²) in [5.41, 5.74) is 0.776. The Balaban J connectivity index is 1.30. The second-order valence-corrected chi connectivity index (χ2v) is 11.1. The Kier molecular flexibility index (Phi) is 6.05. The Morgan fingerprint density at radius 1 is 1.21 bits per heavy atom. The number of hydrogen-bond donors (Lipinski definition) is 1. The fraction of sp³-hybridized carbons (Fsp3) is 0.538. The Morgan fingerprint density at radius 3 is 2.58 bits per heavy atom. The highest BCUT2D eigenvalue weighted by molar-refractivity contribution is 7.18. The number of aromatic nitrogens is 2. The second-order valence-electron chi connectivity index (χ2n) is 9.95. The van der Waals surface area contributed by atoms with Gasteiger partial charge in [-0.25, -0.2) is 4.98 Å². The molecule has 176 valence electrons. The van der Waals surface area contributed by atoms with Crippen molar-refractivity contribution in [1.82, 2.24) is 14.5 Å². The van der Waals surface area contributed by atoms with E-state index in [0.717, 1.165) is 41.1 Å². The fourth-order valence-corrected chi connectivity index (χ4v) is 6.21. The Bertz CT molecular complexity index is 1170. The molecule has 0 saturated carbocycles. The first-order valence-corrected chi connectivity index (χ1v) is 12.9. The zero-order valence-electron chi connectivity index (χ0n) is 19.7. The minimum atomic E-state index is -0.680. The van der Waals surface area contributed by atoms with Crippen LogP contribution in [0.5, 0.6) is 5.75 Å². The zero-order valence-corrected chi connectivity index (χ0v) is 20.5. The number of aryl methyl sites for hydroxylation is 1. The number of benzene rings is 1. The van der Waals surface area contributed by atoms with Crippen molar-refractivity contribution in [2.45, 2.75) is 82.6 Å². The number of aliphatic hydroxyl groups is 1. The topological polar surface area (TPSA) is 67.6 Å². The summed E-state index contributed by atoms with van der Waals surface area (Å²) >= 11 is 1.48. The van der Waals surface area contributed by atoms with E-state index in [1.165, 1.54) is 24.2 Å². The molecule has 2 bridgehead atoms. The molecule has 6 nitrogen and oxygen atoms in total. The highest BCUT2D eigenvalue weighted by Crippen LogP contribution is 2.36. The molecule has 2 unspecified atom stereocenters. The Hall–Kier alpha value is -2.22. The van der Waals surface area contributed by atoms with E-state index in [0.29, 0.717) is 29.6 Å². The summed E-state index contributed by atoms with van der Waals surface area (Å²) in [5, 5.41) is 10.3. The number of piperidine rings is 1. The van der Waals surface area contributed by atoms with Gasteiger partial charge in [-0.05, 0) is 89.2 Å². The van der Waals surface area contributed by atoms with Crippen LogP contribution in [0.1, 0.15) is 57.2 Å². The minimum Gasteiger partial charge on any atom is -0.490 e. The first-order chi connectivity index (χ1) is 15.8. The van der Waals surface area contributed by atoms with Gasteiger partial charge in [-0.15, -0.1) is 11.3 Å². The van der Waals surface area contributed by atoms with Crippen molar-refractivity contribution >= 4 is 21.6 Å². The second kappa shape index (κ2) is 8.85. The number of rotatable bonds is 7.